The molecule has 0 radical (unpaired) electrons. The lowest BCUT2D eigenvalue weighted by molar-refractivity contribution is -0.199. The molecule has 1 saturated carbocycles. The Hall–Kier alpha value is -3.30. The molecule has 9 heteroatoms. The van der Waals surface area contributed by atoms with E-state index in [1.165, 1.54) is 18.2 Å². The maximum absolute atomic E-state index is 13.9. The van der Waals surface area contributed by atoms with Crippen LogP contribution in [0.3, 0.4) is 0 Å². The molecule has 1 amide bonds. The highest BCUT2D eigenvalue weighted by Gasteiger charge is 2.73. The van der Waals surface area contributed by atoms with Crippen molar-refractivity contribution in [3.8, 4) is 11.5 Å². The minimum atomic E-state index is -4.48. The second-order valence-electron chi connectivity index (χ2n) is 12.4. The number of piperidine rings is 1. The summed E-state index contributed by atoms with van der Waals surface area (Å²) in [7, 11) is 0. The lowest BCUT2D eigenvalue weighted by Gasteiger charge is -2.64. The number of amides is 1. The molecule has 2 bridgehead atoms. The number of nitrogens with zero attached hydrogens (tertiary/aromatic N) is 2. The summed E-state index contributed by atoms with van der Waals surface area (Å²) in [5.41, 5.74) is -0.471. The number of phenolic OH excluding ortho intramolecular Hbond substituents is 1. The highest BCUT2D eigenvalue weighted by Crippen LogP contribution is 2.65. The number of alkyl halides is 3. The Bertz CT molecular complexity index is 1440. The fraction of sp³-hybridized carbons (Fsp3) is 0.500. The predicted molar refractivity (Wildman–Crippen MR) is 158 cm³/mol. The molecule has 2 N–H and O–H groups in total. The molecule has 2 aliphatic heterocycles. The minimum Gasteiger partial charge on any atom is -0.504 e. The topological polar surface area (TPSA) is 73.2 Å². The number of hydrogen-bond donors (Lipinski definition) is 2. The molecule has 230 valence electrons. The van der Waals surface area contributed by atoms with Gasteiger partial charge in [-0.05, 0) is 74.1 Å². The van der Waals surface area contributed by atoms with E-state index in [9.17, 15) is 28.2 Å². The number of phenols is 1. The Kier molecular flexibility index (Phi) is 7.62. The summed E-state index contributed by atoms with van der Waals surface area (Å²) in [6, 6.07) is 7.95. The standard InChI is InChI=1S/C34H39F3N2O4/c1-3-5-6-18-39(28(41)13-10-22-8-7-9-24(20-22)34(35,36)37)25-14-15-33(42)27-21-23-11-12-26(40)30-29(23)32(33,31(25)43-30)16-19-38(27)17-4-2/h4,7-13,20,25,27,31,40,42H,2-3,5-6,14-19,21H2,1H3/b13-10+/t25?,27-,31?,32+,33-/m1/s1. The van der Waals surface area contributed by atoms with Gasteiger partial charge in [-0.25, -0.2) is 0 Å². The third-order valence-electron chi connectivity index (χ3n) is 10.2. The van der Waals surface area contributed by atoms with Gasteiger partial charge in [-0.15, -0.1) is 6.58 Å². The molecular weight excluding hydrogens is 557 g/mol. The third kappa shape index (κ3) is 4.67. The first-order chi connectivity index (χ1) is 20.5. The van der Waals surface area contributed by atoms with E-state index in [-0.39, 0.29) is 29.3 Å². The minimum absolute atomic E-state index is 0.0314. The number of benzene rings is 2. The van der Waals surface area contributed by atoms with Gasteiger partial charge in [0.25, 0.3) is 0 Å². The van der Waals surface area contributed by atoms with Gasteiger partial charge in [0.05, 0.1) is 22.6 Å². The van der Waals surface area contributed by atoms with Gasteiger partial charge in [0, 0.05) is 30.8 Å². The summed E-state index contributed by atoms with van der Waals surface area (Å²) in [6.45, 7) is 7.84. The van der Waals surface area contributed by atoms with Crippen molar-refractivity contribution in [1.29, 1.82) is 0 Å². The Morgan fingerprint density at radius 2 is 2.05 bits per heavy atom. The van der Waals surface area contributed by atoms with Gasteiger partial charge in [0.15, 0.2) is 11.5 Å². The van der Waals surface area contributed by atoms with Gasteiger partial charge >= 0.3 is 6.18 Å². The molecule has 6 nitrogen and oxygen atoms in total. The number of unbranched alkanes of at least 4 members (excludes halogenated alkanes) is 2. The Morgan fingerprint density at radius 1 is 1.23 bits per heavy atom. The Labute approximate surface area is 250 Å². The van der Waals surface area contributed by atoms with E-state index in [0.29, 0.717) is 44.5 Å². The Balaban J connectivity index is 1.38. The number of aromatic hydroxyl groups is 1. The largest absolute Gasteiger partial charge is 0.504 e. The average Bonchev–Trinajstić information content (AvgIpc) is 3.33. The summed E-state index contributed by atoms with van der Waals surface area (Å²) in [4.78, 5) is 18.0. The highest BCUT2D eigenvalue weighted by molar-refractivity contribution is 5.92. The second-order valence-corrected chi connectivity index (χ2v) is 12.4. The van der Waals surface area contributed by atoms with Crippen LogP contribution in [-0.4, -0.2) is 69.3 Å². The molecule has 2 fully saturated rings. The number of carbonyl (C=O) groups excluding carboxylic acids is 1. The van der Waals surface area contributed by atoms with Crippen LogP contribution in [0.1, 0.15) is 67.7 Å². The number of rotatable bonds is 9. The normalized spacial score (nSPS) is 29.3. The summed E-state index contributed by atoms with van der Waals surface area (Å²) < 4.78 is 46.5. The van der Waals surface area contributed by atoms with Gasteiger partial charge < -0.3 is 19.8 Å². The molecule has 2 heterocycles. The molecule has 2 aliphatic carbocycles. The molecule has 2 unspecified atom stereocenters. The van der Waals surface area contributed by atoms with E-state index in [1.54, 1.807) is 17.0 Å². The number of hydrogen-bond acceptors (Lipinski definition) is 5. The van der Waals surface area contributed by atoms with Crippen LogP contribution in [0.4, 0.5) is 13.2 Å². The summed E-state index contributed by atoms with van der Waals surface area (Å²) in [5.74, 6) is 0.133. The number of aliphatic hydroxyl groups is 1. The Morgan fingerprint density at radius 3 is 2.79 bits per heavy atom. The van der Waals surface area contributed by atoms with Crippen molar-refractivity contribution in [1.82, 2.24) is 9.80 Å². The number of ether oxygens (including phenoxy) is 1. The zero-order valence-corrected chi connectivity index (χ0v) is 24.4. The third-order valence-corrected chi connectivity index (χ3v) is 10.2. The van der Waals surface area contributed by atoms with Crippen LogP contribution in [0.5, 0.6) is 11.5 Å². The number of likely N-dealkylation sites (tertiary alicyclic amines) is 1. The van der Waals surface area contributed by atoms with Crippen LogP contribution in [0.25, 0.3) is 6.08 Å². The maximum Gasteiger partial charge on any atom is 0.416 e. The zero-order chi connectivity index (χ0) is 30.6. The lowest BCUT2D eigenvalue weighted by atomic mass is 9.48. The summed E-state index contributed by atoms with van der Waals surface area (Å²) in [6.07, 6.45) is 4.42. The fourth-order valence-electron chi connectivity index (χ4n) is 8.36. The first-order valence-electron chi connectivity index (χ1n) is 15.3. The summed E-state index contributed by atoms with van der Waals surface area (Å²) in [5, 5.41) is 23.6. The van der Waals surface area contributed by atoms with Crippen molar-refractivity contribution in [2.45, 2.75) is 87.2 Å². The number of carbonyl (C=O) groups is 1. The van der Waals surface area contributed by atoms with E-state index >= 15 is 0 Å². The van der Waals surface area contributed by atoms with Crippen molar-refractivity contribution >= 4 is 12.0 Å². The maximum atomic E-state index is 13.9. The average molecular weight is 597 g/mol. The van der Waals surface area contributed by atoms with Gasteiger partial charge in [0.2, 0.25) is 5.91 Å². The molecule has 1 saturated heterocycles. The molecule has 2 aromatic carbocycles. The van der Waals surface area contributed by atoms with Crippen molar-refractivity contribution in [2.24, 2.45) is 0 Å². The fourth-order valence-corrected chi connectivity index (χ4v) is 8.36. The molecule has 5 atom stereocenters. The van der Waals surface area contributed by atoms with Crippen LogP contribution < -0.4 is 4.74 Å². The second kappa shape index (κ2) is 11.0. The molecule has 43 heavy (non-hydrogen) atoms. The lowest BCUT2D eigenvalue weighted by Crippen LogP contribution is -2.78. The smallest absolute Gasteiger partial charge is 0.416 e. The molecular formula is C34H39F3N2O4. The van der Waals surface area contributed by atoms with Crippen LogP contribution in [0.2, 0.25) is 0 Å². The van der Waals surface area contributed by atoms with E-state index in [2.05, 4.69) is 18.4 Å². The molecule has 4 aliphatic rings. The van der Waals surface area contributed by atoms with Gasteiger partial charge in [0.1, 0.15) is 6.10 Å². The van der Waals surface area contributed by atoms with Crippen molar-refractivity contribution in [3.63, 3.8) is 0 Å². The molecule has 1 spiro atoms. The van der Waals surface area contributed by atoms with E-state index < -0.39 is 28.9 Å². The van der Waals surface area contributed by atoms with Crippen LogP contribution in [0, 0.1) is 0 Å². The number of halogens is 3. The van der Waals surface area contributed by atoms with Crippen LogP contribution in [-0.2, 0) is 22.8 Å². The summed E-state index contributed by atoms with van der Waals surface area (Å²) >= 11 is 0. The first-order valence-corrected chi connectivity index (χ1v) is 15.3. The molecule has 2 aromatic rings. The van der Waals surface area contributed by atoms with Gasteiger partial charge in [-0.2, -0.15) is 13.2 Å². The van der Waals surface area contributed by atoms with Crippen molar-refractivity contribution in [3.05, 3.63) is 77.4 Å². The first kappa shape index (κ1) is 29.8. The molecule has 0 aromatic heterocycles. The van der Waals surface area contributed by atoms with Crippen molar-refractivity contribution in [2.75, 3.05) is 19.6 Å². The predicted octanol–water partition coefficient (Wildman–Crippen LogP) is 5.85. The van der Waals surface area contributed by atoms with Crippen LogP contribution in [0.15, 0.2) is 55.1 Å². The van der Waals surface area contributed by atoms with Gasteiger partial charge in [-0.3, -0.25) is 9.69 Å². The highest BCUT2D eigenvalue weighted by atomic mass is 19.4. The van der Waals surface area contributed by atoms with Gasteiger partial charge in [-0.1, -0.05) is 44.0 Å². The quantitative estimate of drug-likeness (QED) is 0.216. The molecule has 6 rings (SSSR count). The van der Waals surface area contributed by atoms with Crippen molar-refractivity contribution < 1.29 is 32.9 Å². The zero-order valence-electron chi connectivity index (χ0n) is 24.4. The SMILES string of the molecule is C=CCN1CC[C@]23c4c5ccc(O)c4OC2C(N(CCCCC)C(=O)/C=C/c2cccc(C(F)(F)F)c2)CC[C@@]3(O)[C@H]1C5. The van der Waals surface area contributed by atoms with E-state index in [1.807, 2.05) is 12.1 Å². The monoisotopic (exact) mass is 596 g/mol. The van der Waals surface area contributed by atoms with Crippen LogP contribution >= 0.6 is 0 Å². The van der Waals surface area contributed by atoms with E-state index in [4.69, 9.17) is 4.74 Å². The van der Waals surface area contributed by atoms with E-state index in [0.717, 1.165) is 49.1 Å².